The van der Waals surface area contributed by atoms with Crippen LogP contribution in [0.1, 0.15) is 72.1 Å². The van der Waals surface area contributed by atoms with E-state index in [4.69, 9.17) is 9.16 Å². The molecule has 168 valence electrons. The van der Waals surface area contributed by atoms with Gasteiger partial charge in [-0.3, -0.25) is 4.79 Å². The summed E-state index contributed by atoms with van der Waals surface area (Å²) in [6, 6.07) is 0. The largest absolute Gasteiger partial charge is 0.437 e. The minimum Gasteiger partial charge on any atom is -0.437 e. The predicted octanol–water partition coefficient (Wildman–Crippen LogP) is 6.86. The summed E-state index contributed by atoms with van der Waals surface area (Å²) in [4.78, 5) is 11.7. The van der Waals surface area contributed by atoms with Crippen LogP contribution in [0.2, 0.25) is 19.6 Å². The summed E-state index contributed by atoms with van der Waals surface area (Å²) in [6.45, 7) is 13.1. The fourth-order valence-electron chi connectivity index (χ4n) is 7.77. The van der Waals surface area contributed by atoms with Crippen molar-refractivity contribution in [3.63, 3.8) is 0 Å². The summed E-state index contributed by atoms with van der Waals surface area (Å²) in [5.41, 5.74) is 2.36. The van der Waals surface area contributed by atoms with Crippen LogP contribution in [-0.2, 0) is 14.0 Å². The molecule has 0 aromatic rings. The molecule has 30 heavy (non-hydrogen) atoms. The van der Waals surface area contributed by atoms with E-state index in [0.29, 0.717) is 16.7 Å². The van der Waals surface area contributed by atoms with Gasteiger partial charge in [0.1, 0.15) is 0 Å². The molecule has 0 saturated heterocycles. The first-order chi connectivity index (χ1) is 14.0. The van der Waals surface area contributed by atoms with Gasteiger partial charge in [-0.1, -0.05) is 37.6 Å². The van der Waals surface area contributed by atoms with Gasteiger partial charge in [0.05, 0.1) is 0 Å². The predicted molar refractivity (Wildman–Crippen MR) is 124 cm³/mol. The van der Waals surface area contributed by atoms with Crippen molar-refractivity contribution in [3.05, 3.63) is 23.8 Å². The normalized spacial score (nSPS) is 41.3. The van der Waals surface area contributed by atoms with Crippen LogP contribution >= 0.6 is 0 Å². The third-order valence-electron chi connectivity index (χ3n) is 9.07. The minimum absolute atomic E-state index is 0.217. The van der Waals surface area contributed by atoms with Crippen molar-refractivity contribution in [2.75, 3.05) is 0 Å². The maximum Gasteiger partial charge on any atom is 0.304 e. The molecule has 0 aromatic heterocycles. The summed E-state index contributed by atoms with van der Waals surface area (Å²) in [7, 11) is -1.78. The molecule has 4 aliphatic rings. The van der Waals surface area contributed by atoms with E-state index in [0.717, 1.165) is 30.6 Å². The lowest BCUT2D eigenvalue weighted by atomic mass is 9.47. The van der Waals surface area contributed by atoms with Crippen molar-refractivity contribution >= 4 is 14.3 Å². The zero-order valence-electron chi connectivity index (χ0n) is 20.0. The number of rotatable bonds is 5. The van der Waals surface area contributed by atoms with Crippen molar-refractivity contribution in [3.8, 4) is 0 Å². The van der Waals surface area contributed by atoms with Gasteiger partial charge < -0.3 is 9.16 Å². The summed E-state index contributed by atoms with van der Waals surface area (Å²) < 4.78 is 12.0. The number of esters is 1. The van der Waals surface area contributed by atoms with Gasteiger partial charge in [0.15, 0.2) is 14.6 Å². The average Bonchev–Trinajstić information content (AvgIpc) is 2.95. The van der Waals surface area contributed by atoms with Crippen LogP contribution in [0.4, 0.5) is 0 Å². The maximum absolute atomic E-state index is 11.7. The van der Waals surface area contributed by atoms with E-state index >= 15 is 0 Å². The van der Waals surface area contributed by atoms with Crippen LogP contribution in [0.25, 0.3) is 0 Å². The van der Waals surface area contributed by atoms with E-state index in [2.05, 4.69) is 51.7 Å². The lowest BCUT2D eigenvalue weighted by Gasteiger charge is -2.57. The third kappa shape index (κ3) is 3.99. The minimum atomic E-state index is -1.78. The van der Waals surface area contributed by atoms with Gasteiger partial charge in [0.2, 0.25) is 0 Å². The molecule has 3 saturated carbocycles. The van der Waals surface area contributed by atoms with Gasteiger partial charge in [-0.05, 0) is 93.7 Å². The van der Waals surface area contributed by atoms with Crippen LogP contribution in [0.15, 0.2) is 23.8 Å². The molecule has 3 fully saturated rings. The van der Waals surface area contributed by atoms with E-state index in [9.17, 15) is 4.79 Å². The van der Waals surface area contributed by atoms with E-state index < -0.39 is 8.32 Å². The number of hydrogen-bond acceptors (Lipinski definition) is 3. The smallest absolute Gasteiger partial charge is 0.304 e. The molecule has 0 amide bonds. The van der Waals surface area contributed by atoms with E-state index in [-0.39, 0.29) is 12.3 Å². The van der Waals surface area contributed by atoms with Gasteiger partial charge in [-0.2, -0.15) is 0 Å². The summed E-state index contributed by atoms with van der Waals surface area (Å²) in [5, 5.41) is 0. The Balaban J connectivity index is 1.52. The van der Waals surface area contributed by atoms with E-state index in [1.807, 2.05) is 0 Å². The topological polar surface area (TPSA) is 35.5 Å². The second kappa shape index (κ2) is 7.92. The molecule has 4 aliphatic carbocycles. The molecular weight excluding hydrogens is 388 g/mol. The van der Waals surface area contributed by atoms with Crippen LogP contribution < -0.4 is 0 Å². The molecule has 4 heteroatoms. The van der Waals surface area contributed by atoms with Gasteiger partial charge in [-0.25, -0.2) is 0 Å². The summed E-state index contributed by atoms with van der Waals surface area (Å²) in [6.07, 6.45) is 17.0. The Labute approximate surface area is 184 Å². The van der Waals surface area contributed by atoms with Crippen molar-refractivity contribution in [1.29, 1.82) is 0 Å². The average molecular weight is 431 g/mol. The summed E-state index contributed by atoms with van der Waals surface area (Å²) in [5.74, 6) is 2.82. The second-order valence-electron chi connectivity index (χ2n) is 11.9. The van der Waals surface area contributed by atoms with Crippen molar-refractivity contribution < 1.29 is 14.0 Å². The Morgan fingerprint density at radius 2 is 1.93 bits per heavy atom. The number of fused-ring (bicyclic) bond motifs is 5. The molecule has 0 aliphatic heterocycles. The van der Waals surface area contributed by atoms with Crippen molar-refractivity contribution in [2.45, 2.75) is 98.1 Å². The fourth-order valence-corrected chi connectivity index (χ4v) is 8.70. The molecule has 0 radical (unpaired) electrons. The Morgan fingerprint density at radius 1 is 1.17 bits per heavy atom. The maximum atomic E-state index is 11.7. The van der Waals surface area contributed by atoms with Crippen LogP contribution in [0, 0.1) is 34.5 Å². The first-order valence-electron chi connectivity index (χ1n) is 12.3. The number of allylic oxidation sites excluding steroid dienone is 4. The van der Waals surface area contributed by atoms with Gasteiger partial charge in [0, 0.05) is 18.8 Å². The molecular formula is C26H42O3Si. The second-order valence-corrected chi connectivity index (χ2v) is 16.3. The van der Waals surface area contributed by atoms with Crippen molar-refractivity contribution in [2.24, 2.45) is 34.5 Å². The van der Waals surface area contributed by atoms with Gasteiger partial charge >= 0.3 is 5.97 Å². The Morgan fingerprint density at radius 3 is 2.63 bits per heavy atom. The van der Waals surface area contributed by atoms with Crippen molar-refractivity contribution in [1.82, 2.24) is 0 Å². The highest BCUT2D eigenvalue weighted by Crippen LogP contribution is 2.66. The van der Waals surface area contributed by atoms with Gasteiger partial charge in [0.25, 0.3) is 0 Å². The van der Waals surface area contributed by atoms with Crippen LogP contribution in [0.5, 0.6) is 0 Å². The quantitative estimate of drug-likeness (QED) is 0.207. The molecule has 7 atom stereocenters. The third-order valence-corrected chi connectivity index (χ3v) is 10.0. The molecule has 0 heterocycles. The van der Waals surface area contributed by atoms with E-state index in [1.54, 1.807) is 5.57 Å². The highest BCUT2D eigenvalue weighted by molar-refractivity contribution is 6.69. The number of carbonyl (C=O) groups is 1. The van der Waals surface area contributed by atoms with Crippen LogP contribution in [-0.4, -0.2) is 20.6 Å². The number of hydrogen-bond donors (Lipinski definition) is 0. The Kier molecular flexibility index (Phi) is 5.89. The molecule has 0 spiro atoms. The zero-order chi connectivity index (χ0) is 21.7. The molecule has 4 rings (SSSR count). The molecule has 3 nitrogen and oxygen atoms in total. The monoisotopic (exact) mass is 430 g/mol. The standard InChI is InChI=1S/C26H42O3Si/c1-18(27)28-24(29-30(4,5)6)17-20-11-13-22-21-12-10-19-9-7-8-15-25(19,2)23(21)14-16-26(20,22)3/h8-9,15,20-24H,7,10-14,16-17H2,1-6H3/t20-,21+,22+,23+,24?,25+,26-/m1/s1. The number of ether oxygens (including phenoxy) is 1. The van der Waals surface area contributed by atoms with E-state index in [1.165, 1.54) is 45.4 Å². The summed E-state index contributed by atoms with van der Waals surface area (Å²) >= 11 is 0. The Hall–Kier alpha value is -0.873. The molecule has 1 unspecified atom stereocenters. The molecule has 0 aromatic carbocycles. The SMILES string of the molecule is CC(=O)OC(C[C@H]1CC[C@H]2[C@@H]3CCC4=CCC=C[C@]4(C)[C@H]3CC[C@]12C)O[Si](C)(C)C. The molecule has 0 N–H and O–H groups in total. The number of carbonyl (C=O) groups excluding carboxylic acids is 1. The van der Waals surface area contributed by atoms with Gasteiger partial charge in [-0.15, -0.1) is 0 Å². The Bertz CT molecular complexity index is 735. The van der Waals surface area contributed by atoms with Crippen LogP contribution in [0.3, 0.4) is 0 Å². The fraction of sp³-hybridized carbons (Fsp3) is 0.808. The highest BCUT2D eigenvalue weighted by Gasteiger charge is 2.58. The first kappa shape index (κ1) is 22.3. The lowest BCUT2D eigenvalue weighted by molar-refractivity contribution is -0.166. The molecule has 0 bridgehead atoms. The highest BCUT2D eigenvalue weighted by atomic mass is 28.4. The lowest BCUT2D eigenvalue weighted by Crippen LogP contribution is -2.49. The zero-order valence-corrected chi connectivity index (χ0v) is 21.0. The first-order valence-corrected chi connectivity index (χ1v) is 15.7.